The zero-order valence-electron chi connectivity index (χ0n) is 10.4. The highest BCUT2D eigenvalue weighted by molar-refractivity contribution is 6.36. The predicted molar refractivity (Wildman–Crippen MR) is 78.4 cm³/mol. The van der Waals surface area contributed by atoms with Crippen LogP contribution < -0.4 is 11.5 Å². The average molecular weight is 315 g/mol. The molecule has 0 fully saturated rings. The molecule has 0 amide bonds. The molecule has 0 radical (unpaired) electrons. The summed E-state index contributed by atoms with van der Waals surface area (Å²) < 4.78 is 12.9. The Morgan fingerprint density at radius 3 is 1.95 bits per heavy atom. The van der Waals surface area contributed by atoms with Crippen LogP contribution in [0.2, 0.25) is 10.0 Å². The highest BCUT2D eigenvalue weighted by Crippen LogP contribution is 2.37. The molecule has 2 atom stereocenters. The van der Waals surface area contributed by atoms with Crippen LogP contribution in [-0.4, -0.2) is 5.11 Å². The molecule has 5 N–H and O–H groups in total. The van der Waals surface area contributed by atoms with Gasteiger partial charge in [-0.1, -0.05) is 35.3 Å². The molecule has 2 aromatic rings. The molecule has 0 heterocycles. The third-order valence-corrected chi connectivity index (χ3v) is 3.66. The monoisotopic (exact) mass is 314 g/mol. The number of hydrogen-bond donors (Lipinski definition) is 3. The molecule has 20 heavy (non-hydrogen) atoms. The molecular formula is C14H13Cl2FN2O. The van der Waals surface area contributed by atoms with Crippen molar-refractivity contribution >= 4 is 23.2 Å². The number of rotatable bonds is 3. The van der Waals surface area contributed by atoms with Crippen molar-refractivity contribution in [3.05, 3.63) is 63.4 Å². The number of hydrogen-bond acceptors (Lipinski definition) is 3. The molecule has 2 unspecified atom stereocenters. The topological polar surface area (TPSA) is 72.3 Å². The van der Waals surface area contributed by atoms with E-state index < -0.39 is 12.1 Å². The Morgan fingerprint density at radius 2 is 1.45 bits per heavy atom. The average Bonchev–Trinajstić information content (AvgIpc) is 2.37. The molecule has 0 aliphatic heterocycles. The lowest BCUT2D eigenvalue weighted by molar-refractivity contribution is 0.474. The largest absolute Gasteiger partial charge is 0.508 e. The van der Waals surface area contributed by atoms with Crippen LogP contribution in [0.4, 0.5) is 4.39 Å². The summed E-state index contributed by atoms with van der Waals surface area (Å²) in [6.45, 7) is 0. The number of phenols is 1. The standard InChI is InChI=1S/C14H13Cl2FN2O/c15-10-5-9(20)6-11(16)12(10)14(19)13(18)7-1-3-8(17)4-2-7/h1-6,13-14,20H,18-19H2. The molecule has 0 spiro atoms. The van der Waals surface area contributed by atoms with E-state index >= 15 is 0 Å². The maximum absolute atomic E-state index is 12.9. The quantitative estimate of drug-likeness (QED) is 0.811. The lowest BCUT2D eigenvalue weighted by Crippen LogP contribution is -2.27. The first-order valence-electron chi connectivity index (χ1n) is 5.84. The van der Waals surface area contributed by atoms with E-state index in [1.165, 1.54) is 24.3 Å². The van der Waals surface area contributed by atoms with Crippen LogP contribution in [-0.2, 0) is 0 Å². The van der Waals surface area contributed by atoms with Gasteiger partial charge in [0.1, 0.15) is 11.6 Å². The zero-order chi connectivity index (χ0) is 14.9. The van der Waals surface area contributed by atoms with Crippen molar-refractivity contribution < 1.29 is 9.50 Å². The third kappa shape index (κ3) is 3.04. The van der Waals surface area contributed by atoms with E-state index in [0.717, 1.165) is 0 Å². The number of aromatic hydroxyl groups is 1. The third-order valence-electron chi connectivity index (χ3n) is 3.04. The van der Waals surface area contributed by atoms with Gasteiger partial charge < -0.3 is 16.6 Å². The number of halogens is 3. The van der Waals surface area contributed by atoms with Gasteiger partial charge >= 0.3 is 0 Å². The van der Waals surface area contributed by atoms with Crippen molar-refractivity contribution in [1.82, 2.24) is 0 Å². The maximum Gasteiger partial charge on any atom is 0.123 e. The summed E-state index contributed by atoms with van der Waals surface area (Å²) in [5.41, 5.74) is 13.3. The van der Waals surface area contributed by atoms with Gasteiger partial charge in [0.2, 0.25) is 0 Å². The zero-order valence-corrected chi connectivity index (χ0v) is 11.9. The van der Waals surface area contributed by atoms with Gasteiger partial charge in [0.15, 0.2) is 0 Å². The second kappa shape index (κ2) is 5.97. The van der Waals surface area contributed by atoms with Gasteiger partial charge in [0, 0.05) is 11.6 Å². The Kier molecular flexibility index (Phi) is 4.50. The van der Waals surface area contributed by atoms with E-state index in [4.69, 9.17) is 34.7 Å². The van der Waals surface area contributed by atoms with Gasteiger partial charge in [-0.3, -0.25) is 0 Å². The van der Waals surface area contributed by atoms with Gasteiger partial charge in [0.05, 0.1) is 16.1 Å². The van der Waals surface area contributed by atoms with Gasteiger partial charge in [-0.05, 0) is 29.8 Å². The lowest BCUT2D eigenvalue weighted by Gasteiger charge is -2.23. The Morgan fingerprint density at radius 1 is 0.950 bits per heavy atom. The van der Waals surface area contributed by atoms with Crippen molar-refractivity contribution in [1.29, 1.82) is 0 Å². The summed E-state index contributed by atoms with van der Waals surface area (Å²) in [7, 11) is 0. The van der Waals surface area contributed by atoms with Gasteiger partial charge in [-0.25, -0.2) is 4.39 Å². The van der Waals surface area contributed by atoms with E-state index in [9.17, 15) is 9.50 Å². The fraction of sp³-hybridized carbons (Fsp3) is 0.143. The first kappa shape index (κ1) is 15.1. The maximum atomic E-state index is 12.9. The summed E-state index contributed by atoms with van der Waals surface area (Å²) in [5, 5.41) is 9.88. The fourth-order valence-corrected chi connectivity index (χ4v) is 2.69. The van der Waals surface area contributed by atoms with Crippen molar-refractivity contribution in [3.8, 4) is 5.75 Å². The molecule has 2 aromatic carbocycles. The van der Waals surface area contributed by atoms with Crippen LogP contribution >= 0.6 is 23.2 Å². The second-order valence-electron chi connectivity index (χ2n) is 4.43. The van der Waals surface area contributed by atoms with Crippen LogP contribution in [0.15, 0.2) is 36.4 Å². The Bertz CT molecular complexity index is 596. The highest BCUT2D eigenvalue weighted by atomic mass is 35.5. The number of benzene rings is 2. The van der Waals surface area contributed by atoms with E-state index in [1.54, 1.807) is 12.1 Å². The van der Waals surface area contributed by atoms with Crippen LogP contribution in [0.25, 0.3) is 0 Å². The van der Waals surface area contributed by atoms with Gasteiger partial charge in [0.25, 0.3) is 0 Å². The van der Waals surface area contributed by atoms with Crippen molar-refractivity contribution in [2.45, 2.75) is 12.1 Å². The molecule has 0 saturated heterocycles. The molecule has 106 valence electrons. The van der Waals surface area contributed by atoms with Crippen LogP contribution in [0.3, 0.4) is 0 Å². The normalized spacial score (nSPS) is 14.1. The number of phenolic OH excluding ortho intramolecular Hbond substituents is 1. The summed E-state index contributed by atoms with van der Waals surface area (Å²) in [5.74, 6) is -0.401. The SMILES string of the molecule is NC(c1ccc(F)cc1)C(N)c1c(Cl)cc(O)cc1Cl. The van der Waals surface area contributed by atoms with Crippen molar-refractivity contribution in [2.24, 2.45) is 11.5 Å². The molecule has 2 rings (SSSR count). The fourth-order valence-electron chi connectivity index (χ4n) is 1.96. The van der Waals surface area contributed by atoms with E-state index in [0.29, 0.717) is 11.1 Å². The molecule has 6 heteroatoms. The summed E-state index contributed by atoms with van der Waals surface area (Å²) in [4.78, 5) is 0. The molecule has 0 aliphatic carbocycles. The minimum atomic E-state index is -0.680. The van der Waals surface area contributed by atoms with Gasteiger partial charge in [-0.2, -0.15) is 0 Å². The molecule has 3 nitrogen and oxygen atoms in total. The highest BCUT2D eigenvalue weighted by Gasteiger charge is 2.23. The summed E-state index contributed by atoms with van der Waals surface area (Å²) >= 11 is 12.1. The van der Waals surface area contributed by atoms with E-state index in [1.807, 2.05) is 0 Å². The first-order valence-corrected chi connectivity index (χ1v) is 6.60. The molecule has 0 aromatic heterocycles. The molecule has 0 bridgehead atoms. The van der Waals surface area contributed by atoms with Crippen LogP contribution in [0.1, 0.15) is 23.2 Å². The smallest absolute Gasteiger partial charge is 0.123 e. The molecular weight excluding hydrogens is 302 g/mol. The van der Waals surface area contributed by atoms with Crippen molar-refractivity contribution in [3.63, 3.8) is 0 Å². The Balaban J connectivity index is 2.36. The van der Waals surface area contributed by atoms with E-state index in [-0.39, 0.29) is 21.6 Å². The Hall–Kier alpha value is -1.33. The second-order valence-corrected chi connectivity index (χ2v) is 5.24. The minimum absolute atomic E-state index is 0.0497. The Labute approximate surface area is 125 Å². The molecule has 0 aliphatic rings. The van der Waals surface area contributed by atoms with Crippen molar-refractivity contribution in [2.75, 3.05) is 0 Å². The van der Waals surface area contributed by atoms with E-state index in [2.05, 4.69) is 0 Å². The first-order chi connectivity index (χ1) is 9.40. The minimum Gasteiger partial charge on any atom is -0.508 e. The summed E-state index contributed by atoms with van der Waals surface area (Å²) in [6, 6.07) is 7.14. The summed E-state index contributed by atoms with van der Waals surface area (Å²) in [6.07, 6.45) is 0. The lowest BCUT2D eigenvalue weighted by atomic mass is 9.94. The van der Waals surface area contributed by atoms with Crippen LogP contribution in [0, 0.1) is 5.82 Å². The molecule has 0 saturated carbocycles. The van der Waals surface area contributed by atoms with Gasteiger partial charge in [-0.15, -0.1) is 0 Å². The predicted octanol–water partition coefficient (Wildman–Crippen LogP) is 3.54. The number of nitrogens with two attached hydrogens (primary N) is 2. The van der Waals surface area contributed by atoms with Crippen LogP contribution in [0.5, 0.6) is 5.75 Å².